The molecule has 8 nitrogen and oxygen atoms in total. The smallest absolute Gasteiger partial charge is 0.356 e. The number of hydrogen-bond donors (Lipinski definition) is 2. The molecule has 3 amide bonds. The van der Waals surface area contributed by atoms with E-state index >= 15 is 0 Å². The number of nitrogens with zero attached hydrogens (tertiary/aromatic N) is 3. The number of aromatic carboxylic acids is 1. The fourth-order valence-corrected chi connectivity index (χ4v) is 2.09. The predicted molar refractivity (Wildman–Crippen MR) is 67.7 cm³/mol. The van der Waals surface area contributed by atoms with Crippen molar-refractivity contribution in [3.8, 4) is 0 Å². The number of rotatable bonds is 2. The van der Waals surface area contributed by atoms with Crippen molar-refractivity contribution < 1.29 is 19.5 Å². The molecule has 0 unspecified atom stereocenters. The fraction of sp³-hybridized carbons (Fsp3) is 0.167. The number of carbonyl (C=O) groups is 3. The lowest BCUT2D eigenvalue weighted by Gasteiger charge is -2.26. The number of fused-ring (bicyclic) bond motifs is 1. The van der Waals surface area contributed by atoms with Crippen LogP contribution in [0.4, 0.5) is 10.6 Å². The van der Waals surface area contributed by atoms with Crippen molar-refractivity contribution in [3.05, 3.63) is 30.0 Å². The largest absolute Gasteiger partial charge is 0.476 e. The Morgan fingerprint density at radius 1 is 1.35 bits per heavy atom. The summed E-state index contributed by atoms with van der Waals surface area (Å²) >= 11 is 0. The van der Waals surface area contributed by atoms with Crippen molar-refractivity contribution in [1.29, 1.82) is 0 Å². The van der Waals surface area contributed by atoms with Gasteiger partial charge >= 0.3 is 12.0 Å². The average Bonchev–Trinajstić information content (AvgIpc) is 2.83. The van der Waals surface area contributed by atoms with E-state index in [1.807, 2.05) is 0 Å². The van der Waals surface area contributed by atoms with Gasteiger partial charge in [0.1, 0.15) is 5.82 Å². The lowest BCUT2D eigenvalue weighted by Crippen LogP contribution is -2.50. The molecule has 1 aliphatic heterocycles. The Bertz CT molecular complexity index is 736. The molecule has 2 N–H and O–H groups in total. The molecule has 1 saturated heterocycles. The van der Waals surface area contributed by atoms with Gasteiger partial charge in [-0.25, -0.2) is 14.1 Å². The lowest BCUT2D eigenvalue weighted by atomic mass is 10.3. The summed E-state index contributed by atoms with van der Waals surface area (Å²) in [6, 6.07) is 5.90. The molecular weight excluding hydrogens is 264 g/mol. The normalized spacial score (nSPS) is 15.5. The van der Waals surface area contributed by atoms with Crippen LogP contribution >= 0.6 is 0 Å². The highest BCUT2D eigenvalue weighted by molar-refractivity contribution is 6.05. The van der Waals surface area contributed by atoms with Gasteiger partial charge in [-0.1, -0.05) is 6.07 Å². The summed E-state index contributed by atoms with van der Waals surface area (Å²) in [5, 5.41) is 15.1. The number of imide groups is 1. The zero-order valence-corrected chi connectivity index (χ0v) is 10.2. The third-order valence-corrected chi connectivity index (χ3v) is 3.02. The Balaban J connectivity index is 2.09. The molecule has 3 rings (SSSR count). The molecule has 1 fully saturated rings. The standard InChI is InChI=1S/C12H10N4O4/c17-9-4-5-15(12(20)13-9)10-3-1-2-7-6-8(11(18)19)14-16(7)10/h1-3,6H,4-5H2,(H,18,19)(H,13,17,20). The number of pyridine rings is 1. The Morgan fingerprint density at radius 2 is 2.15 bits per heavy atom. The molecule has 20 heavy (non-hydrogen) atoms. The summed E-state index contributed by atoms with van der Waals surface area (Å²) in [5.41, 5.74) is 0.454. The summed E-state index contributed by atoms with van der Waals surface area (Å²) < 4.78 is 1.37. The molecule has 2 aromatic rings. The minimum absolute atomic E-state index is 0.106. The van der Waals surface area contributed by atoms with Crippen molar-refractivity contribution >= 4 is 29.2 Å². The molecule has 3 heterocycles. The van der Waals surface area contributed by atoms with Gasteiger partial charge in [-0.15, -0.1) is 0 Å². The number of carbonyl (C=O) groups excluding carboxylic acids is 2. The van der Waals surface area contributed by atoms with Gasteiger partial charge in [-0.2, -0.15) is 5.10 Å². The number of anilines is 1. The minimum atomic E-state index is -1.14. The number of urea groups is 1. The van der Waals surface area contributed by atoms with E-state index in [4.69, 9.17) is 5.11 Å². The fourth-order valence-electron chi connectivity index (χ4n) is 2.09. The van der Waals surface area contributed by atoms with Crippen LogP contribution in [0, 0.1) is 0 Å². The molecule has 0 aliphatic carbocycles. The zero-order valence-electron chi connectivity index (χ0n) is 10.2. The average molecular weight is 274 g/mol. The first-order valence-corrected chi connectivity index (χ1v) is 5.90. The first-order chi connectivity index (χ1) is 9.56. The summed E-state index contributed by atoms with van der Waals surface area (Å²) in [6.45, 7) is 0.228. The lowest BCUT2D eigenvalue weighted by molar-refractivity contribution is -0.120. The highest BCUT2D eigenvalue weighted by atomic mass is 16.4. The minimum Gasteiger partial charge on any atom is -0.476 e. The maximum Gasteiger partial charge on any atom is 0.356 e. The molecule has 0 spiro atoms. The second kappa shape index (κ2) is 4.34. The molecular formula is C12H10N4O4. The number of nitrogens with one attached hydrogen (secondary N) is 1. The van der Waals surface area contributed by atoms with Crippen molar-refractivity contribution in [3.63, 3.8) is 0 Å². The number of carboxylic acid groups (broad SMARTS) is 1. The molecule has 2 aromatic heterocycles. The number of aromatic nitrogens is 2. The Kier molecular flexibility index (Phi) is 2.63. The monoisotopic (exact) mass is 274 g/mol. The SMILES string of the molecule is O=C1CCN(c2cccc3cc(C(=O)O)nn23)C(=O)N1. The van der Waals surface area contributed by atoms with Gasteiger partial charge in [0.15, 0.2) is 5.69 Å². The third-order valence-electron chi connectivity index (χ3n) is 3.02. The first-order valence-electron chi connectivity index (χ1n) is 5.90. The van der Waals surface area contributed by atoms with Crippen LogP contribution in [-0.2, 0) is 4.79 Å². The van der Waals surface area contributed by atoms with Crippen LogP contribution in [0.15, 0.2) is 24.3 Å². The van der Waals surface area contributed by atoms with E-state index in [2.05, 4.69) is 10.4 Å². The predicted octanol–water partition coefficient (Wildman–Crippen LogP) is 0.479. The van der Waals surface area contributed by atoms with E-state index in [0.29, 0.717) is 11.3 Å². The third kappa shape index (κ3) is 1.87. The number of amides is 3. The van der Waals surface area contributed by atoms with Crippen LogP contribution in [0.2, 0.25) is 0 Å². The summed E-state index contributed by atoms with van der Waals surface area (Å²) in [7, 11) is 0. The highest BCUT2D eigenvalue weighted by Crippen LogP contribution is 2.19. The molecule has 0 saturated carbocycles. The van der Waals surface area contributed by atoms with Crippen molar-refractivity contribution in [2.24, 2.45) is 0 Å². The van der Waals surface area contributed by atoms with E-state index < -0.39 is 12.0 Å². The van der Waals surface area contributed by atoms with Crippen molar-refractivity contribution in [2.45, 2.75) is 6.42 Å². The van der Waals surface area contributed by atoms with Gasteiger partial charge in [0.2, 0.25) is 5.91 Å². The second-order valence-corrected chi connectivity index (χ2v) is 4.31. The van der Waals surface area contributed by atoms with E-state index in [0.717, 1.165) is 0 Å². The van der Waals surface area contributed by atoms with Crippen LogP contribution in [0.3, 0.4) is 0 Å². The Labute approximate surface area is 112 Å². The van der Waals surface area contributed by atoms with Gasteiger partial charge in [-0.3, -0.25) is 15.0 Å². The summed E-state index contributed by atoms with van der Waals surface area (Å²) in [4.78, 5) is 35.3. The quantitative estimate of drug-likeness (QED) is 0.828. The highest BCUT2D eigenvalue weighted by Gasteiger charge is 2.26. The maximum atomic E-state index is 11.8. The topological polar surface area (TPSA) is 104 Å². The Morgan fingerprint density at radius 3 is 2.85 bits per heavy atom. The van der Waals surface area contributed by atoms with Gasteiger partial charge in [0.25, 0.3) is 0 Å². The summed E-state index contributed by atoms with van der Waals surface area (Å²) in [6.07, 6.45) is 0.190. The van der Waals surface area contributed by atoms with Crippen LogP contribution in [0.5, 0.6) is 0 Å². The van der Waals surface area contributed by atoms with Gasteiger partial charge < -0.3 is 5.11 Å². The van der Waals surface area contributed by atoms with Crippen LogP contribution in [-0.4, -0.2) is 39.2 Å². The molecule has 0 aromatic carbocycles. The van der Waals surface area contributed by atoms with E-state index in [1.165, 1.54) is 15.5 Å². The molecule has 0 radical (unpaired) electrons. The second-order valence-electron chi connectivity index (χ2n) is 4.31. The van der Waals surface area contributed by atoms with E-state index in [9.17, 15) is 14.4 Å². The molecule has 8 heteroatoms. The summed E-state index contributed by atoms with van der Waals surface area (Å²) in [5.74, 6) is -1.05. The number of hydrogen-bond acceptors (Lipinski definition) is 4. The van der Waals surface area contributed by atoms with Gasteiger partial charge in [0, 0.05) is 13.0 Å². The maximum absolute atomic E-state index is 11.8. The van der Waals surface area contributed by atoms with Crippen LogP contribution in [0.25, 0.3) is 5.52 Å². The Hall–Kier alpha value is -2.90. The molecule has 1 aliphatic rings. The van der Waals surface area contributed by atoms with Crippen LogP contribution in [0.1, 0.15) is 16.9 Å². The van der Waals surface area contributed by atoms with Crippen LogP contribution < -0.4 is 10.2 Å². The molecule has 0 atom stereocenters. The zero-order chi connectivity index (χ0) is 14.3. The van der Waals surface area contributed by atoms with Gasteiger partial charge in [0.05, 0.1) is 5.52 Å². The molecule has 0 bridgehead atoms. The number of carboxylic acids is 1. The van der Waals surface area contributed by atoms with E-state index in [1.54, 1.807) is 18.2 Å². The molecule has 102 valence electrons. The van der Waals surface area contributed by atoms with Gasteiger partial charge in [-0.05, 0) is 18.2 Å². The van der Waals surface area contributed by atoms with Crippen molar-refractivity contribution in [2.75, 3.05) is 11.4 Å². The van der Waals surface area contributed by atoms with Crippen molar-refractivity contribution in [1.82, 2.24) is 14.9 Å². The van der Waals surface area contributed by atoms with E-state index in [-0.39, 0.29) is 24.6 Å². The first kappa shape index (κ1) is 12.2.